The van der Waals surface area contributed by atoms with Crippen LogP contribution in [0.4, 0.5) is 5.82 Å². The molecular weight excluding hydrogens is 438 g/mol. The summed E-state index contributed by atoms with van der Waals surface area (Å²) in [5, 5.41) is 3.69. The van der Waals surface area contributed by atoms with Crippen molar-refractivity contribution in [3.05, 3.63) is 47.2 Å². The largest absolute Gasteiger partial charge is 0.376 e. The molecule has 2 aliphatic rings. The first-order chi connectivity index (χ1) is 16.0. The Labute approximate surface area is 199 Å². The number of benzene rings is 1. The molecule has 1 aromatic heterocycles. The van der Waals surface area contributed by atoms with Crippen molar-refractivity contribution in [2.45, 2.75) is 43.7 Å². The molecule has 0 aliphatic carbocycles. The van der Waals surface area contributed by atoms with Gasteiger partial charge in [-0.05, 0) is 37.5 Å². The maximum Gasteiger partial charge on any atom is 0.251 e. The van der Waals surface area contributed by atoms with Gasteiger partial charge in [0.05, 0.1) is 6.10 Å². The highest BCUT2D eigenvalue weighted by Gasteiger charge is 2.20. The summed E-state index contributed by atoms with van der Waals surface area (Å²) in [5.74, 6) is 1.62. The third-order valence-corrected chi connectivity index (χ3v) is 6.86. The molecule has 0 unspecified atom stereocenters. The monoisotopic (exact) mass is 469 g/mol. The Hall–Kier alpha value is -2.65. The number of aromatic nitrogens is 2. The van der Waals surface area contributed by atoms with Crippen LogP contribution in [0.1, 0.15) is 41.4 Å². The predicted molar refractivity (Wildman–Crippen MR) is 129 cm³/mol. The maximum atomic E-state index is 12.5. The van der Waals surface area contributed by atoms with Gasteiger partial charge in [0.2, 0.25) is 5.91 Å². The molecule has 1 N–H and O–H groups in total. The zero-order chi connectivity index (χ0) is 23.2. The lowest BCUT2D eigenvalue weighted by atomic mass is 10.1. The first kappa shape index (κ1) is 23.5. The molecule has 8 nitrogen and oxygen atoms in total. The molecule has 2 amide bonds. The van der Waals surface area contributed by atoms with E-state index in [0.29, 0.717) is 36.1 Å². The topological polar surface area (TPSA) is 87.7 Å². The van der Waals surface area contributed by atoms with Gasteiger partial charge < -0.3 is 19.9 Å². The van der Waals surface area contributed by atoms with E-state index >= 15 is 0 Å². The number of hydrogen-bond acceptors (Lipinski definition) is 7. The fourth-order valence-electron chi connectivity index (χ4n) is 4.07. The molecule has 0 saturated carbocycles. The average Bonchev–Trinajstić information content (AvgIpc) is 3.35. The summed E-state index contributed by atoms with van der Waals surface area (Å²) in [5.41, 5.74) is 2.62. The van der Waals surface area contributed by atoms with Gasteiger partial charge in [0.1, 0.15) is 5.82 Å². The SMILES string of the molecule is CC(=O)N1CCN(c2cc(C)nc(SCc3cccc(C(=O)NC[C@H]4CCCO4)c3)n2)CC1. The lowest BCUT2D eigenvalue weighted by Gasteiger charge is -2.35. The quantitative estimate of drug-likeness (QED) is 0.493. The van der Waals surface area contributed by atoms with Crippen LogP contribution >= 0.6 is 11.8 Å². The Morgan fingerprint density at radius 3 is 2.73 bits per heavy atom. The van der Waals surface area contributed by atoms with Crippen molar-refractivity contribution >= 4 is 29.4 Å². The molecular formula is C24H31N5O3S. The average molecular weight is 470 g/mol. The van der Waals surface area contributed by atoms with Crippen molar-refractivity contribution in [2.24, 2.45) is 0 Å². The highest BCUT2D eigenvalue weighted by molar-refractivity contribution is 7.98. The first-order valence-corrected chi connectivity index (χ1v) is 12.4. The summed E-state index contributed by atoms with van der Waals surface area (Å²) in [6.07, 6.45) is 2.19. The maximum absolute atomic E-state index is 12.5. The second kappa shape index (κ2) is 11.0. The summed E-state index contributed by atoms with van der Waals surface area (Å²) in [7, 11) is 0. The molecule has 2 aliphatic heterocycles. The van der Waals surface area contributed by atoms with Crippen LogP contribution < -0.4 is 10.2 Å². The number of piperazine rings is 1. The molecule has 1 aromatic carbocycles. The van der Waals surface area contributed by atoms with Crippen LogP contribution in [0.25, 0.3) is 0 Å². The smallest absolute Gasteiger partial charge is 0.251 e. The zero-order valence-corrected chi connectivity index (χ0v) is 20.1. The van der Waals surface area contributed by atoms with Crippen LogP contribution in [-0.4, -0.2) is 72.1 Å². The predicted octanol–water partition coefficient (Wildman–Crippen LogP) is 2.65. The van der Waals surface area contributed by atoms with Crippen molar-refractivity contribution in [3.63, 3.8) is 0 Å². The van der Waals surface area contributed by atoms with Gasteiger partial charge in [0.25, 0.3) is 5.91 Å². The van der Waals surface area contributed by atoms with E-state index in [4.69, 9.17) is 9.72 Å². The molecule has 0 spiro atoms. The summed E-state index contributed by atoms with van der Waals surface area (Å²) in [6.45, 7) is 7.88. The standard InChI is InChI=1S/C24H31N5O3S/c1-17-13-22(29-10-8-28(9-11-29)18(2)30)27-24(26-17)33-16-19-5-3-6-20(14-19)23(31)25-15-21-7-4-12-32-21/h3,5-6,13-14,21H,4,7-12,15-16H2,1-2H3,(H,25,31)/t21-/m1/s1. The number of nitrogens with one attached hydrogen (secondary N) is 1. The van der Waals surface area contributed by atoms with Gasteiger partial charge in [-0.2, -0.15) is 0 Å². The third-order valence-electron chi connectivity index (χ3n) is 5.94. The number of anilines is 1. The number of carbonyl (C=O) groups excluding carboxylic acids is 2. The third kappa shape index (κ3) is 6.45. The van der Waals surface area contributed by atoms with Gasteiger partial charge in [-0.1, -0.05) is 23.9 Å². The molecule has 176 valence electrons. The van der Waals surface area contributed by atoms with Crippen molar-refractivity contribution < 1.29 is 14.3 Å². The minimum Gasteiger partial charge on any atom is -0.376 e. The second-order valence-corrected chi connectivity index (χ2v) is 9.42. The fourth-order valence-corrected chi connectivity index (χ4v) is 4.91. The Balaban J connectivity index is 1.34. The molecule has 2 fully saturated rings. The summed E-state index contributed by atoms with van der Waals surface area (Å²) >= 11 is 1.56. The number of carbonyl (C=O) groups is 2. The van der Waals surface area contributed by atoms with E-state index < -0.39 is 0 Å². The molecule has 2 aromatic rings. The first-order valence-electron chi connectivity index (χ1n) is 11.5. The molecule has 2 saturated heterocycles. The number of ether oxygens (including phenoxy) is 1. The van der Waals surface area contributed by atoms with Gasteiger partial charge in [0.15, 0.2) is 5.16 Å². The summed E-state index contributed by atoms with van der Waals surface area (Å²) in [6, 6.07) is 9.68. The van der Waals surface area contributed by atoms with Crippen molar-refractivity contribution in [2.75, 3.05) is 44.2 Å². The second-order valence-electron chi connectivity index (χ2n) is 8.48. The van der Waals surface area contributed by atoms with E-state index in [1.54, 1.807) is 18.7 Å². The van der Waals surface area contributed by atoms with E-state index in [0.717, 1.165) is 49.6 Å². The van der Waals surface area contributed by atoms with E-state index in [-0.39, 0.29) is 17.9 Å². The van der Waals surface area contributed by atoms with E-state index in [9.17, 15) is 9.59 Å². The lowest BCUT2D eigenvalue weighted by Crippen LogP contribution is -2.48. The van der Waals surface area contributed by atoms with Crippen LogP contribution in [-0.2, 0) is 15.3 Å². The van der Waals surface area contributed by atoms with Gasteiger partial charge in [-0.15, -0.1) is 0 Å². The Kier molecular flexibility index (Phi) is 7.82. The molecule has 1 atom stereocenters. The van der Waals surface area contributed by atoms with Crippen LogP contribution in [0.5, 0.6) is 0 Å². The van der Waals surface area contributed by atoms with E-state index in [2.05, 4.69) is 15.2 Å². The molecule has 4 rings (SSSR count). The van der Waals surface area contributed by atoms with E-state index in [1.165, 1.54) is 0 Å². The van der Waals surface area contributed by atoms with Crippen LogP contribution in [0.3, 0.4) is 0 Å². The highest BCUT2D eigenvalue weighted by Crippen LogP contribution is 2.24. The number of hydrogen-bond donors (Lipinski definition) is 1. The molecule has 3 heterocycles. The van der Waals surface area contributed by atoms with Crippen molar-refractivity contribution in [3.8, 4) is 0 Å². The van der Waals surface area contributed by atoms with Crippen LogP contribution in [0.15, 0.2) is 35.5 Å². The Morgan fingerprint density at radius 2 is 2.00 bits per heavy atom. The van der Waals surface area contributed by atoms with Gasteiger partial charge in [0, 0.05) is 69.3 Å². The van der Waals surface area contributed by atoms with Crippen LogP contribution in [0, 0.1) is 6.92 Å². The number of rotatable bonds is 7. The molecule has 33 heavy (non-hydrogen) atoms. The van der Waals surface area contributed by atoms with Gasteiger partial charge in [-0.25, -0.2) is 9.97 Å². The van der Waals surface area contributed by atoms with Crippen LogP contribution in [0.2, 0.25) is 0 Å². The zero-order valence-electron chi connectivity index (χ0n) is 19.2. The summed E-state index contributed by atoms with van der Waals surface area (Å²) in [4.78, 5) is 37.5. The number of nitrogens with zero attached hydrogens (tertiary/aromatic N) is 4. The lowest BCUT2D eigenvalue weighted by molar-refractivity contribution is -0.129. The summed E-state index contributed by atoms with van der Waals surface area (Å²) < 4.78 is 5.58. The molecule has 9 heteroatoms. The number of thioether (sulfide) groups is 1. The fraction of sp³-hybridized carbons (Fsp3) is 0.500. The Bertz CT molecular complexity index is 988. The Morgan fingerprint density at radius 1 is 1.18 bits per heavy atom. The van der Waals surface area contributed by atoms with Crippen molar-refractivity contribution in [1.82, 2.24) is 20.2 Å². The minimum absolute atomic E-state index is 0.0730. The van der Waals surface area contributed by atoms with E-state index in [1.807, 2.05) is 42.2 Å². The normalized spacial score (nSPS) is 18.4. The van der Waals surface area contributed by atoms with Gasteiger partial charge >= 0.3 is 0 Å². The van der Waals surface area contributed by atoms with Crippen molar-refractivity contribution in [1.29, 1.82) is 0 Å². The molecule has 0 bridgehead atoms. The minimum atomic E-state index is -0.0730. The highest BCUT2D eigenvalue weighted by atomic mass is 32.2. The molecule has 0 radical (unpaired) electrons. The number of amides is 2. The van der Waals surface area contributed by atoms with Gasteiger partial charge in [-0.3, -0.25) is 9.59 Å². The number of aryl methyl sites for hydroxylation is 1.